The van der Waals surface area contributed by atoms with Gasteiger partial charge in [0.2, 0.25) is 0 Å². The number of nitrogens with one attached hydrogen (secondary N) is 1. The Bertz CT molecular complexity index is 1710. The quantitative estimate of drug-likeness (QED) is 0.152. The predicted octanol–water partition coefficient (Wildman–Crippen LogP) is 8.96. The van der Waals surface area contributed by atoms with Crippen molar-refractivity contribution in [2.24, 2.45) is 0 Å². The first-order valence-electron chi connectivity index (χ1n) is 14.7. The van der Waals surface area contributed by atoms with E-state index in [0.717, 1.165) is 16.7 Å². The van der Waals surface area contributed by atoms with Gasteiger partial charge >= 0.3 is 0 Å². The molecule has 0 amide bonds. The first-order chi connectivity index (χ1) is 20.4. The van der Waals surface area contributed by atoms with E-state index in [9.17, 15) is 5.11 Å². The molecule has 43 heavy (non-hydrogen) atoms. The number of nitrogens with zero attached hydrogens (tertiary/aromatic N) is 3. The summed E-state index contributed by atoms with van der Waals surface area (Å²) in [6.07, 6.45) is 1.81. The Hall–Kier alpha value is -3.40. The molecule has 5 aromatic rings. The molecule has 0 aliphatic rings. The van der Waals surface area contributed by atoms with Crippen molar-refractivity contribution in [1.29, 1.82) is 0 Å². The largest absolute Gasteiger partial charge is 0.493 e. The van der Waals surface area contributed by atoms with Crippen molar-refractivity contribution >= 4 is 41.9 Å². The Kier molecular flexibility index (Phi) is 8.62. The van der Waals surface area contributed by atoms with Gasteiger partial charge < -0.3 is 23.8 Å². The molecule has 0 aliphatic carbocycles. The fourth-order valence-electron chi connectivity index (χ4n) is 7.04. The van der Waals surface area contributed by atoms with E-state index in [1.165, 1.54) is 19.2 Å². The van der Waals surface area contributed by atoms with Crippen molar-refractivity contribution in [2.45, 2.75) is 77.3 Å². The molecule has 2 unspecified atom stereocenters. The number of aromatic amines is 1. The SMILES string of the molecule is COc1cc(C(O)c2cn([Si](C(C)C)(C(C)C)C(C)C)c3ncc(Cl)cc23)c(F)cc1OC(C)c1nc2ccccc2[nH]1. The standard InChI is InChI=1S/C33H40ClFN4O3Si/c1-18(2)43(19(3)4,20(5)6)39-17-25(23-13-22(34)16-36-33(23)39)31(40)24-14-29(41-8)30(15-26(24)35)42-21(7)32-37-27-11-9-10-12-28(27)38-32/h9-21,31,40H,1-8H3,(H,37,38). The third-order valence-corrected chi connectivity index (χ3v) is 15.7. The van der Waals surface area contributed by atoms with E-state index in [-0.39, 0.29) is 11.3 Å². The number of benzene rings is 2. The van der Waals surface area contributed by atoms with Crippen LogP contribution in [0.3, 0.4) is 0 Å². The van der Waals surface area contributed by atoms with Gasteiger partial charge in [-0.2, -0.15) is 0 Å². The molecular formula is C33H40ClFN4O3Si. The van der Waals surface area contributed by atoms with E-state index < -0.39 is 26.3 Å². The zero-order valence-corrected chi connectivity index (χ0v) is 27.7. The number of para-hydroxylation sites is 2. The number of fused-ring (bicyclic) bond motifs is 2. The lowest BCUT2D eigenvalue weighted by molar-refractivity contribution is 0.201. The molecule has 2 N–H and O–H groups in total. The maximum atomic E-state index is 15.9. The summed E-state index contributed by atoms with van der Waals surface area (Å²) < 4.78 is 29.9. The van der Waals surface area contributed by atoms with Gasteiger partial charge in [0.15, 0.2) is 25.8 Å². The molecule has 0 aliphatic heterocycles. The number of ether oxygens (including phenoxy) is 2. The summed E-state index contributed by atoms with van der Waals surface area (Å²) in [5.41, 5.74) is 4.23. The number of hydrogen-bond donors (Lipinski definition) is 2. The molecule has 3 aromatic heterocycles. The van der Waals surface area contributed by atoms with Crippen LogP contribution in [0.4, 0.5) is 4.39 Å². The number of pyridine rings is 1. The molecule has 0 bridgehead atoms. The third-order valence-electron chi connectivity index (χ3n) is 8.80. The van der Waals surface area contributed by atoms with Crippen molar-refractivity contribution in [3.8, 4) is 11.5 Å². The highest BCUT2D eigenvalue weighted by Crippen LogP contribution is 2.46. The topological polar surface area (TPSA) is 85.2 Å². The van der Waals surface area contributed by atoms with Crippen molar-refractivity contribution in [1.82, 2.24) is 19.2 Å². The Morgan fingerprint density at radius 3 is 2.26 bits per heavy atom. The smallest absolute Gasteiger partial charge is 0.171 e. The first kappa shape index (κ1) is 31.0. The third kappa shape index (κ3) is 5.32. The van der Waals surface area contributed by atoms with Crippen LogP contribution in [0.25, 0.3) is 22.1 Å². The van der Waals surface area contributed by atoms with E-state index in [1.807, 2.05) is 37.4 Å². The summed E-state index contributed by atoms with van der Waals surface area (Å²) in [6, 6.07) is 12.3. The number of halogens is 2. The first-order valence-corrected chi connectivity index (χ1v) is 17.3. The van der Waals surface area contributed by atoms with Crippen molar-refractivity contribution in [3.63, 3.8) is 0 Å². The molecule has 7 nitrogen and oxygen atoms in total. The van der Waals surface area contributed by atoms with Gasteiger partial charge in [-0.3, -0.25) is 0 Å². The van der Waals surface area contributed by atoms with Gasteiger partial charge in [-0.15, -0.1) is 0 Å². The second-order valence-electron chi connectivity index (χ2n) is 12.2. The van der Waals surface area contributed by atoms with Gasteiger partial charge in [-0.25, -0.2) is 14.4 Å². The number of imidazole rings is 1. The van der Waals surface area contributed by atoms with Gasteiger partial charge in [0.1, 0.15) is 23.4 Å². The Morgan fingerprint density at radius 1 is 0.953 bits per heavy atom. The number of rotatable bonds is 10. The van der Waals surface area contributed by atoms with E-state index in [1.54, 1.807) is 12.3 Å². The van der Waals surface area contributed by atoms with Crippen molar-refractivity contribution < 1.29 is 19.0 Å². The van der Waals surface area contributed by atoms with Crippen LogP contribution in [0.2, 0.25) is 21.6 Å². The molecule has 2 aromatic carbocycles. The van der Waals surface area contributed by atoms with Crippen molar-refractivity contribution in [2.75, 3.05) is 7.11 Å². The van der Waals surface area contributed by atoms with E-state index in [0.29, 0.717) is 44.2 Å². The van der Waals surface area contributed by atoms with Gasteiger partial charge in [0.25, 0.3) is 0 Å². The lowest BCUT2D eigenvalue weighted by Gasteiger charge is -2.44. The van der Waals surface area contributed by atoms with Crippen LogP contribution in [0.1, 0.15) is 77.6 Å². The predicted molar refractivity (Wildman–Crippen MR) is 173 cm³/mol. The number of H-pyrrole nitrogens is 1. The molecule has 228 valence electrons. The van der Waals surface area contributed by atoms with Gasteiger partial charge in [0, 0.05) is 35.0 Å². The molecule has 0 fully saturated rings. The average Bonchev–Trinajstić information content (AvgIpc) is 3.55. The minimum absolute atomic E-state index is 0.0746. The highest BCUT2D eigenvalue weighted by molar-refractivity contribution is 6.82. The monoisotopic (exact) mass is 622 g/mol. The summed E-state index contributed by atoms with van der Waals surface area (Å²) in [6.45, 7) is 15.4. The van der Waals surface area contributed by atoms with Crippen LogP contribution in [0.15, 0.2) is 54.9 Å². The van der Waals surface area contributed by atoms with Crippen LogP contribution in [-0.2, 0) is 0 Å². The molecular weight excluding hydrogens is 583 g/mol. The molecule has 0 saturated heterocycles. The Balaban J connectivity index is 1.58. The maximum Gasteiger partial charge on any atom is 0.171 e. The molecule has 0 radical (unpaired) electrons. The van der Waals surface area contributed by atoms with Gasteiger partial charge in [-0.1, -0.05) is 65.3 Å². The number of aromatic nitrogens is 4. The average molecular weight is 623 g/mol. The second kappa shape index (κ2) is 11.9. The molecule has 3 heterocycles. The summed E-state index contributed by atoms with van der Waals surface area (Å²) in [5.74, 6) is 0.504. The molecule has 2 atom stereocenters. The second-order valence-corrected chi connectivity index (χ2v) is 18.3. The van der Waals surface area contributed by atoms with Gasteiger partial charge in [-0.05, 0) is 47.8 Å². The number of hydrogen-bond acceptors (Lipinski definition) is 5. The maximum absolute atomic E-state index is 15.9. The zero-order chi connectivity index (χ0) is 31.2. The Labute approximate surface area is 258 Å². The van der Waals surface area contributed by atoms with Gasteiger partial charge in [0.05, 0.1) is 23.2 Å². The Morgan fingerprint density at radius 2 is 1.63 bits per heavy atom. The number of methoxy groups -OCH3 is 1. The van der Waals surface area contributed by atoms with E-state index >= 15 is 4.39 Å². The van der Waals surface area contributed by atoms with Crippen LogP contribution in [0, 0.1) is 5.82 Å². The summed E-state index contributed by atoms with van der Waals surface area (Å²) in [7, 11) is -0.771. The highest BCUT2D eigenvalue weighted by atomic mass is 35.5. The fourth-order valence-corrected chi connectivity index (χ4v) is 13.8. The molecule has 0 saturated carbocycles. The summed E-state index contributed by atoms with van der Waals surface area (Å²) >= 11 is 6.42. The molecule has 10 heteroatoms. The minimum Gasteiger partial charge on any atom is -0.493 e. The lowest BCUT2D eigenvalue weighted by Crippen LogP contribution is -2.51. The van der Waals surface area contributed by atoms with Crippen LogP contribution in [0.5, 0.6) is 11.5 Å². The van der Waals surface area contributed by atoms with Crippen LogP contribution >= 0.6 is 11.6 Å². The summed E-state index contributed by atoms with van der Waals surface area (Å²) in [5, 5.41) is 12.9. The van der Waals surface area contributed by atoms with E-state index in [2.05, 4.69) is 55.7 Å². The van der Waals surface area contributed by atoms with Crippen molar-refractivity contribution in [3.05, 3.63) is 82.6 Å². The van der Waals surface area contributed by atoms with Crippen LogP contribution < -0.4 is 9.47 Å². The lowest BCUT2D eigenvalue weighted by atomic mass is 10.0. The molecule has 5 rings (SSSR count). The normalized spacial score (nSPS) is 13.9. The number of aliphatic hydroxyl groups excluding tert-OH is 1. The number of aliphatic hydroxyl groups is 1. The van der Waals surface area contributed by atoms with E-state index in [4.69, 9.17) is 26.1 Å². The zero-order valence-electron chi connectivity index (χ0n) is 25.9. The summed E-state index contributed by atoms with van der Waals surface area (Å²) in [4.78, 5) is 12.6. The highest BCUT2D eigenvalue weighted by Gasteiger charge is 2.46. The minimum atomic E-state index is -2.26. The molecule has 0 spiro atoms. The fraction of sp³-hybridized carbons (Fsp3) is 0.394. The van der Waals surface area contributed by atoms with Crippen LogP contribution in [-0.4, -0.2) is 39.6 Å².